The van der Waals surface area contributed by atoms with E-state index >= 15 is 4.39 Å². The lowest BCUT2D eigenvalue weighted by Crippen LogP contribution is -2.32. The second-order valence-electron chi connectivity index (χ2n) is 8.35. The summed E-state index contributed by atoms with van der Waals surface area (Å²) in [5, 5.41) is 0. The minimum atomic E-state index is -0.527. The highest BCUT2D eigenvalue weighted by atomic mass is 32.1. The normalized spacial score (nSPS) is 26.9. The second-order valence-corrected chi connectivity index (χ2v) is 9.52. The molecule has 1 saturated carbocycles. The summed E-state index contributed by atoms with van der Waals surface area (Å²) in [5.74, 6) is -0.522. The van der Waals surface area contributed by atoms with E-state index in [1.807, 2.05) is 6.92 Å². The molecule has 3 atom stereocenters. The molecule has 2 heterocycles. The highest BCUT2D eigenvalue weighted by Crippen LogP contribution is 2.55. The Morgan fingerprint density at radius 1 is 1.25 bits per heavy atom. The average Bonchev–Trinajstić information content (AvgIpc) is 3.40. The van der Waals surface area contributed by atoms with Crippen molar-refractivity contribution in [2.75, 3.05) is 6.54 Å². The van der Waals surface area contributed by atoms with E-state index in [0.717, 1.165) is 37.0 Å². The molecule has 3 unspecified atom stereocenters. The summed E-state index contributed by atoms with van der Waals surface area (Å²) in [7, 11) is 0. The van der Waals surface area contributed by atoms with Crippen LogP contribution in [0, 0.1) is 5.92 Å². The van der Waals surface area contributed by atoms with Gasteiger partial charge in [0, 0.05) is 26.9 Å². The van der Waals surface area contributed by atoms with Gasteiger partial charge in [-0.2, -0.15) is 0 Å². The summed E-state index contributed by atoms with van der Waals surface area (Å²) in [6, 6.07) is 2.14. The molecule has 0 amide bonds. The first-order valence-electron chi connectivity index (χ1n) is 10.1. The summed E-state index contributed by atoms with van der Waals surface area (Å²) >= 11 is 1.68. The highest BCUT2D eigenvalue weighted by molar-refractivity contribution is 7.12. The molecule has 2 aromatic heterocycles. The lowest BCUT2D eigenvalue weighted by atomic mass is 9.77. The number of H-pyrrole nitrogens is 2. The van der Waals surface area contributed by atoms with E-state index in [1.54, 1.807) is 11.3 Å². The Kier molecular flexibility index (Phi) is 4.21. The Hall–Kier alpha value is -1.99. The van der Waals surface area contributed by atoms with Crippen molar-refractivity contribution in [3.63, 3.8) is 0 Å². The number of fused-ring (bicyclic) bond motifs is 2. The number of aryl methyl sites for hydroxylation is 1. The molecule has 0 aliphatic heterocycles. The number of hydrogen-bond acceptors (Lipinski definition) is 4. The Bertz CT molecular complexity index is 1090. The van der Waals surface area contributed by atoms with Gasteiger partial charge in [0.15, 0.2) is 0 Å². The van der Waals surface area contributed by atoms with E-state index in [9.17, 15) is 9.59 Å². The summed E-state index contributed by atoms with van der Waals surface area (Å²) in [6.45, 7) is 2.52. The van der Waals surface area contributed by atoms with Crippen molar-refractivity contribution in [2.24, 2.45) is 11.7 Å². The van der Waals surface area contributed by atoms with Gasteiger partial charge in [0.05, 0.1) is 11.5 Å². The van der Waals surface area contributed by atoms with Crippen LogP contribution in [0.4, 0.5) is 4.39 Å². The van der Waals surface area contributed by atoms with Crippen LogP contribution in [0.15, 0.2) is 21.5 Å². The van der Waals surface area contributed by atoms with Crippen molar-refractivity contribution in [3.8, 4) is 0 Å². The Balaban J connectivity index is 1.69. The van der Waals surface area contributed by atoms with Crippen LogP contribution < -0.4 is 17.0 Å². The van der Waals surface area contributed by atoms with Gasteiger partial charge in [0.2, 0.25) is 0 Å². The van der Waals surface area contributed by atoms with E-state index in [4.69, 9.17) is 5.73 Å². The fraction of sp³-hybridized carbons (Fsp3) is 0.524. The zero-order valence-electron chi connectivity index (χ0n) is 15.8. The smallest absolute Gasteiger partial charge is 0.325 e. The predicted molar refractivity (Wildman–Crippen MR) is 109 cm³/mol. The number of hydrogen-bond donors (Lipinski definition) is 3. The minimum absolute atomic E-state index is 0.0760. The fourth-order valence-corrected chi connectivity index (χ4v) is 6.49. The summed E-state index contributed by atoms with van der Waals surface area (Å²) in [6.07, 6.45) is 4.99. The predicted octanol–water partition coefficient (Wildman–Crippen LogP) is 3.49. The molecule has 1 fully saturated rings. The standard InChI is InChI=1S/C21H24FN3O2S/c1-9-15(14-7-12-11(8-23)3-2-4-13(12)28-14)18(22)16(10-5-6-10)17-19(9)24-21(27)25-20(17)26/h7,9-11,15H,2-6,8,23H2,1H3,(H2,24,25,26,27). The third-order valence-electron chi connectivity index (χ3n) is 6.56. The molecular weight excluding hydrogens is 377 g/mol. The SMILES string of the molecule is CC1c2[nH]c(=O)[nH]c(=O)c2C(C2CC2)=C(F)C1c1cc2c(s1)CCCC2CN. The van der Waals surface area contributed by atoms with Crippen LogP contribution in [0.3, 0.4) is 0 Å². The third-order valence-corrected chi connectivity index (χ3v) is 7.85. The average molecular weight is 402 g/mol. The number of rotatable bonds is 3. The Labute approximate surface area is 165 Å². The van der Waals surface area contributed by atoms with E-state index in [-0.39, 0.29) is 17.7 Å². The Morgan fingerprint density at radius 3 is 2.75 bits per heavy atom. The quantitative estimate of drug-likeness (QED) is 0.735. The summed E-state index contributed by atoms with van der Waals surface area (Å²) in [4.78, 5) is 31.8. The molecule has 2 aromatic rings. The first-order chi connectivity index (χ1) is 13.5. The number of thiophene rings is 1. The maximum atomic E-state index is 15.9. The number of halogens is 1. The van der Waals surface area contributed by atoms with Crippen molar-refractivity contribution in [3.05, 3.63) is 59.3 Å². The van der Waals surface area contributed by atoms with Crippen LogP contribution in [-0.4, -0.2) is 16.5 Å². The molecule has 148 valence electrons. The zero-order chi connectivity index (χ0) is 19.6. The fourth-order valence-electron chi connectivity index (χ4n) is 5.00. The number of nitrogens with one attached hydrogen (secondary N) is 2. The molecule has 0 saturated heterocycles. The molecule has 3 aliphatic rings. The van der Waals surface area contributed by atoms with E-state index in [1.165, 1.54) is 10.4 Å². The van der Waals surface area contributed by atoms with Gasteiger partial charge in [-0.3, -0.25) is 9.78 Å². The van der Waals surface area contributed by atoms with Gasteiger partial charge >= 0.3 is 5.69 Å². The first-order valence-corrected chi connectivity index (χ1v) is 10.9. The molecule has 3 aliphatic carbocycles. The monoisotopic (exact) mass is 401 g/mol. The van der Waals surface area contributed by atoms with Crippen LogP contribution in [0.1, 0.15) is 76.9 Å². The number of aromatic nitrogens is 2. The lowest BCUT2D eigenvalue weighted by molar-refractivity contribution is 0.483. The molecule has 28 heavy (non-hydrogen) atoms. The highest BCUT2D eigenvalue weighted by Gasteiger charge is 2.43. The maximum absolute atomic E-state index is 15.9. The van der Waals surface area contributed by atoms with Gasteiger partial charge in [-0.1, -0.05) is 6.92 Å². The van der Waals surface area contributed by atoms with Gasteiger partial charge in [0.1, 0.15) is 5.83 Å². The van der Waals surface area contributed by atoms with Crippen LogP contribution in [0.2, 0.25) is 0 Å². The van der Waals surface area contributed by atoms with Crippen molar-refractivity contribution in [1.82, 2.24) is 9.97 Å². The zero-order valence-corrected chi connectivity index (χ0v) is 16.6. The number of nitrogens with two attached hydrogens (primary N) is 1. The molecule has 0 aromatic carbocycles. The van der Waals surface area contributed by atoms with Crippen molar-refractivity contribution in [2.45, 2.75) is 56.8 Å². The van der Waals surface area contributed by atoms with Crippen LogP contribution in [0.5, 0.6) is 0 Å². The largest absolute Gasteiger partial charge is 0.330 e. The van der Waals surface area contributed by atoms with Crippen molar-refractivity contribution < 1.29 is 4.39 Å². The molecular formula is C21H24FN3O2S. The molecule has 0 spiro atoms. The van der Waals surface area contributed by atoms with Gasteiger partial charge < -0.3 is 10.7 Å². The van der Waals surface area contributed by atoms with Crippen LogP contribution in [-0.2, 0) is 6.42 Å². The third kappa shape index (κ3) is 2.67. The van der Waals surface area contributed by atoms with Gasteiger partial charge in [-0.05, 0) is 62.1 Å². The molecule has 0 radical (unpaired) electrons. The molecule has 7 heteroatoms. The summed E-state index contributed by atoms with van der Waals surface area (Å²) < 4.78 is 15.9. The van der Waals surface area contributed by atoms with Crippen molar-refractivity contribution in [1.29, 1.82) is 0 Å². The van der Waals surface area contributed by atoms with Gasteiger partial charge in [-0.15, -0.1) is 11.3 Å². The first kappa shape index (κ1) is 18.1. The van der Waals surface area contributed by atoms with Crippen LogP contribution in [0.25, 0.3) is 5.57 Å². The van der Waals surface area contributed by atoms with E-state index < -0.39 is 17.2 Å². The van der Waals surface area contributed by atoms with Crippen molar-refractivity contribution >= 4 is 16.9 Å². The maximum Gasteiger partial charge on any atom is 0.325 e. The van der Waals surface area contributed by atoms with Gasteiger partial charge in [-0.25, -0.2) is 9.18 Å². The van der Waals surface area contributed by atoms with E-state index in [2.05, 4.69) is 16.0 Å². The topological polar surface area (TPSA) is 91.7 Å². The minimum Gasteiger partial charge on any atom is -0.330 e. The number of aromatic amines is 2. The molecule has 5 nitrogen and oxygen atoms in total. The van der Waals surface area contributed by atoms with Gasteiger partial charge in [0.25, 0.3) is 5.56 Å². The molecule has 0 bridgehead atoms. The second kappa shape index (κ2) is 6.52. The molecule has 5 rings (SSSR count). The Morgan fingerprint density at radius 2 is 2.04 bits per heavy atom. The lowest BCUT2D eigenvalue weighted by Gasteiger charge is -2.30. The molecule has 4 N–H and O–H groups in total. The van der Waals surface area contributed by atoms with E-state index in [0.29, 0.717) is 29.3 Å². The number of allylic oxidation sites excluding steroid dienone is 2. The summed E-state index contributed by atoms with van der Waals surface area (Å²) in [5.41, 5.74) is 7.67. The van der Waals surface area contributed by atoms with Crippen LogP contribution >= 0.6 is 11.3 Å².